The molecule has 1 aliphatic heterocycles. The first-order valence-electron chi connectivity index (χ1n) is 6.16. The normalized spacial score (nSPS) is 23.4. The van der Waals surface area contributed by atoms with Crippen LogP contribution in [0.2, 0.25) is 0 Å². The average molecular weight is 248 g/mol. The first kappa shape index (κ1) is 12.8. The fourth-order valence-electron chi connectivity index (χ4n) is 2.19. The van der Waals surface area contributed by atoms with Crippen LogP contribution in [0.15, 0.2) is 12.1 Å². The monoisotopic (exact) mass is 248 g/mol. The zero-order valence-electron chi connectivity index (χ0n) is 10.7. The summed E-state index contributed by atoms with van der Waals surface area (Å²) in [5.74, 6) is 0.0446. The summed E-state index contributed by atoms with van der Waals surface area (Å²) in [7, 11) is 0. The van der Waals surface area contributed by atoms with Crippen LogP contribution in [0.4, 0.5) is 10.1 Å². The topological polar surface area (TPSA) is 45.0 Å². The predicted octanol–water partition coefficient (Wildman–Crippen LogP) is 2.84. The average Bonchev–Trinajstić information content (AvgIpc) is 2.37. The van der Waals surface area contributed by atoms with E-state index in [0.29, 0.717) is 22.7 Å². The van der Waals surface area contributed by atoms with Crippen LogP contribution in [-0.4, -0.2) is 19.3 Å². The Balaban J connectivity index is 2.23. The number of anilines is 1. The van der Waals surface area contributed by atoms with E-state index in [-0.39, 0.29) is 11.9 Å². The van der Waals surface area contributed by atoms with Crippen molar-refractivity contribution in [2.45, 2.75) is 26.3 Å². The van der Waals surface area contributed by atoms with Crippen molar-refractivity contribution in [1.82, 2.24) is 0 Å². The first-order chi connectivity index (χ1) is 8.61. The molecule has 1 aliphatic rings. The van der Waals surface area contributed by atoms with Crippen molar-refractivity contribution >= 4 is 5.69 Å². The van der Waals surface area contributed by atoms with Gasteiger partial charge in [0.1, 0.15) is 5.82 Å². The van der Waals surface area contributed by atoms with Crippen molar-refractivity contribution in [3.8, 4) is 6.07 Å². The second-order valence-corrected chi connectivity index (χ2v) is 4.83. The number of hydrogen-bond donors (Lipinski definition) is 1. The fraction of sp³-hybridized carbons (Fsp3) is 0.500. The zero-order chi connectivity index (χ0) is 13.1. The highest BCUT2D eigenvalue weighted by atomic mass is 19.1. The van der Waals surface area contributed by atoms with Gasteiger partial charge >= 0.3 is 0 Å². The van der Waals surface area contributed by atoms with Crippen LogP contribution in [0.1, 0.15) is 24.5 Å². The third kappa shape index (κ3) is 2.62. The molecular weight excluding hydrogens is 231 g/mol. The van der Waals surface area contributed by atoms with Gasteiger partial charge in [-0.2, -0.15) is 5.26 Å². The molecule has 18 heavy (non-hydrogen) atoms. The van der Waals surface area contributed by atoms with E-state index in [1.165, 1.54) is 6.07 Å². The lowest BCUT2D eigenvalue weighted by molar-refractivity contribution is 0.0537. The van der Waals surface area contributed by atoms with E-state index in [1.54, 1.807) is 13.0 Å². The highest BCUT2D eigenvalue weighted by Gasteiger charge is 2.22. The van der Waals surface area contributed by atoms with E-state index in [9.17, 15) is 4.39 Å². The molecule has 2 atom stereocenters. The van der Waals surface area contributed by atoms with E-state index in [2.05, 4.69) is 12.2 Å². The minimum atomic E-state index is -0.337. The number of ether oxygens (including phenoxy) is 1. The SMILES string of the molecule is Cc1c(F)cc(C#N)cc1NC1CCOCC1C. The molecule has 96 valence electrons. The third-order valence-corrected chi connectivity index (χ3v) is 3.46. The van der Waals surface area contributed by atoms with Gasteiger partial charge in [-0.3, -0.25) is 0 Å². The van der Waals surface area contributed by atoms with Gasteiger partial charge in [0, 0.05) is 23.9 Å². The zero-order valence-corrected chi connectivity index (χ0v) is 10.7. The summed E-state index contributed by atoms with van der Waals surface area (Å²) >= 11 is 0. The Morgan fingerprint density at radius 1 is 1.50 bits per heavy atom. The lowest BCUT2D eigenvalue weighted by atomic mass is 9.97. The Hall–Kier alpha value is -1.60. The van der Waals surface area contributed by atoms with Crippen molar-refractivity contribution in [2.24, 2.45) is 5.92 Å². The molecule has 0 saturated carbocycles. The maximum Gasteiger partial charge on any atom is 0.129 e. The molecule has 0 radical (unpaired) electrons. The number of benzene rings is 1. The van der Waals surface area contributed by atoms with Crippen LogP contribution in [0, 0.1) is 30.0 Å². The number of hydrogen-bond acceptors (Lipinski definition) is 3. The van der Waals surface area contributed by atoms with Gasteiger partial charge in [0.15, 0.2) is 0 Å². The molecule has 0 aromatic heterocycles. The molecule has 1 aromatic rings. The highest BCUT2D eigenvalue weighted by molar-refractivity contribution is 5.56. The third-order valence-electron chi connectivity index (χ3n) is 3.46. The molecule has 1 N–H and O–H groups in total. The molecule has 3 nitrogen and oxygen atoms in total. The molecule has 1 aromatic carbocycles. The highest BCUT2D eigenvalue weighted by Crippen LogP contribution is 2.25. The van der Waals surface area contributed by atoms with Gasteiger partial charge < -0.3 is 10.1 Å². The Bertz CT molecular complexity index is 481. The summed E-state index contributed by atoms with van der Waals surface area (Å²) in [6.45, 7) is 5.28. The Labute approximate surface area is 107 Å². The van der Waals surface area contributed by atoms with Crippen LogP contribution in [0.3, 0.4) is 0 Å². The van der Waals surface area contributed by atoms with Gasteiger partial charge in [-0.1, -0.05) is 6.92 Å². The van der Waals surface area contributed by atoms with E-state index >= 15 is 0 Å². The van der Waals surface area contributed by atoms with Crippen LogP contribution in [0.5, 0.6) is 0 Å². The number of halogens is 1. The Morgan fingerprint density at radius 2 is 2.28 bits per heavy atom. The molecule has 1 fully saturated rings. The van der Waals surface area contributed by atoms with Crippen molar-refractivity contribution in [3.05, 3.63) is 29.1 Å². The Morgan fingerprint density at radius 3 is 2.94 bits per heavy atom. The van der Waals surface area contributed by atoms with Gasteiger partial charge in [0.05, 0.1) is 18.2 Å². The van der Waals surface area contributed by atoms with E-state index in [1.807, 2.05) is 6.07 Å². The summed E-state index contributed by atoms with van der Waals surface area (Å²) in [6.07, 6.45) is 0.902. The van der Waals surface area contributed by atoms with Crippen molar-refractivity contribution in [1.29, 1.82) is 5.26 Å². The van der Waals surface area contributed by atoms with Gasteiger partial charge in [0.2, 0.25) is 0 Å². The Kier molecular flexibility index (Phi) is 3.83. The number of nitrogens with one attached hydrogen (secondary N) is 1. The minimum Gasteiger partial charge on any atom is -0.382 e. The molecule has 0 spiro atoms. The molecule has 2 rings (SSSR count). The number of nitrogens with zero attached hydrogens (tertiary/aromatic N) is 1. The number of nitriles is 1. The van der Waals surface area contributed by atoms with Crippen LogP contribution >= 0.6 is 0 Å². The summed E-state index contributed by atoms with van der Waals surface area (Å²) in [6, 6.07) is 5.23. The summed E-state index contributed by atoms with van der Waals surface area (Å²) in [4.78, 5) is 0. The summed E-state index contributed by atoms with van der Waals surface area (Å²) in [5, 5.41) is 12.2. The molecule has 2 unspecified atom stereocenters. The van der Waals surface area contributed by atoms with E-state index in [4.69, 9.17) is 10.00 Å². The molecular formula is C14H17FN2O. The first-order valence-corrected chi connectivity index (χ1v) is 6.16. The largest absolute Gasteiger partial charge is 0.382 e. The predicted molar refractivity (Wildman–Crippen MR) is 67.9 cm³/mol. The van der Waals surface area contributed by atoms with Crippen molar-refractivity contribution in [2.75, 3.05) is 18.5 Å². The van der Waals surface area contributed by atoms with Gasteiger partial charge in [-0.25, -0.2) is 4.39 Å². The van der Waals surface area contributed by atoms with Gasteiger partial charge in [0.25, 0.3) is 0 Å². The summed E-state index contributed by atoms with van der Waals surface area (Å²) in [5.41, 5.74) is 1.62. The second kappa shape index (κ2) is 5.36. The second-order valence-electron chi connectivity index (χ2n) is 4.83. The lowest BCUT2D eigenvalue weighted by Gasteiger charge is -2.31. The van der Waals surface area contributed by atoms with E-state index in [0.717, 1.165) is 19.6 Å². The van der Waals surface area contributed by atoms with Crippen LogP contribution in [-0.2, 0) is 4.74 Å². The standard InChI is InChI=1S/C14H17FN2O/c1-9-8-18-4-3-13(9)17-14-6-11(7-16)5-12(15)10(14)2/h5-6,9,13,17H,3-4,8H2,1-2H3. The maximum atomic E-state index is 13.7. The van der Waals surface area contributed by atoms with E-state index < -0.39 is 0 Å². The molecule has 0 aliphatic carbocycles. The fourth-order valence-corrected chi connectivity index (χ4v) is 2.19. The maximum absolute atomic E-state index is 13.7. The van der Waals surface area contributed by atoms with Crippen molar-refractivity contribution in [3.63, 3.8) is 0 Å². The number of rotatable bonds is 2. The minimum absolute atomic E-state index is 0.269. The quantitative estimate of drug-likeness (QED) is 0.875. The molecule has 1 saturated heterocycles. The lowest BCUT2D eigenvalue weighted by Crippen LogP contribution is -2.36. The van der Waals surface area contributed by atoms with Crippen molar-refractivity contribution < 1.29 is 9.13 Å². The molecule has 0 amide bonds. The van der Waals surface area contributed by atoms with Crippen LogP contribution in [0.25, 0.3) is 0 Å². The van der Waals surface area contributed by atoms with Gasteiger partial charge in [-0.15, -0.1) is 0 Å². The van der Waals surface area contributed by atoms with Crippen LogP contribution < -0.4 is 5.32 Å². The van der Waals surface area contributed by atoms with Gasteiger partial charge in [-0.05, 0) is 31.4 Å². The molecule has 0 bridgehead atoms. The summed E-state index contributed by atoms with van der Waals surface area (Å²) < 4.78 is 19.0. The molecule has 1 heterocycles. The molecule has 4 heteroatoms. The smallest absolute Gasteiger partial charge is 0.129 e.